The number of alkyl halides is 3. The quantitative estimate of drug-likeness (QED) is 0.788. The topological polar surface area (TPSA) is 95.9 Å². The Morgan fingerprint density at radius 2 is 1.96 bits per heavy atom. The van der Waals surface area contributed by atoms with Crippen molar-refractivity contribution in [1.29, 1.82) is 0 Å². The highest BCUT2D eigenvalue weighted by Gasteiger charge is 2.40. The summed E-state index contributed by atoms with van der Waals surface area (Å²) in [5.41, 5.74) is 0.510. The number of ether oxygens (including phenoxy) is 1. The van der Waals surface area contributed by atoms with E-state index in [9.17, 15) is 27.6 Å². The van der Waals surface area contributed by atoms with Crippen LogP contribution in [-0.2, 0) is 14.4 Å². The van der Waals surface area contributed by atoms with Crippen molar-refractivity contribution in [1.82, 2.24) is 5.32 Å². The molecule has 0 radical (unpaired) electrons. The largest absolute Gasteiger partial charge is 0.497 e. The number of aliphatic carboxylic acids is 1. The Morgan fingerprint density at radius 3 is 2.46 bits per heavy atom. The van der Waals surface area contributed by atoms with Crippen molar-refractivity contribution in [2.75, 3.05) is 18.6 Å². The Kier molecular flexibility index (Phi) is 5.73. The second kappa shape index (κ2) is 7.63. The molecule has 2 atom stereocenters. The average Bonchev–Trinajstić information content (AvgIpc) is 2.95. The average molecular weight is 374 g/mol. The van der Waals surface area contributed by atoms with E-state index in [1.165, 1.54) is 12.0 Å². The van der Waals surface area contributed by atoms with Crippen LogP contribution in [0.25, 0.3) is 0 Å². The van der Waals surface area contributed by atoms with Gasteiger partial charge in [-0.25, -0.2) is 4.79 Å². The summed E-state index contributed by atoms with van der Waals surface area (Å²) in [5, 5.41) is 10.7. The number of nitrogens with one attached hydrogen (secondary N) is 1. The SMILES string of the molecule is COc1ccc(N2CC(C(=O)NC(CC(F)(F)F)C(=O)O)CC2=O)cc1. The van der Waals surface area contributed by atoms with E-state index in [1.807, 2.05) is 5.32 Å². The number of hydrogen-bond acceptors (Lipinski definition) is 4. The minimum Gasteiger partial charge on any atom is -0.497 e. The van der Waals surface area contributed by atoms with Gasteiger partial charge in [0, 0.05) is 18.7 Å². The van der Waals surface area contributed by atoms with Gasteiger partial charge in [0.05, 0.1) is 19.4 Å². The van der Waals surface area contributed by atoms with E-state index < -0.39 is 36.4 Å². The van der Waals surface area contributed by atoms with Gasteiger partial charge >= 0.3 is 12.1 Å². The lowest BCUT2D eigenvalue weighted by atomic mass is 10.1. The standard InChI is InChI=1S/C16H17F3N2O5/c1-26-11-4-2-10(3-5-11)21-8-9(6-13(21)22)14(23)20-12(15(24)25)7-16(17,18)19/h2-5,9,12H,6-8H2,1H3,(H,20,23)(H,24,25). The van der Waals surface area contributed by atoms with Crippen LogP contribution in [0.15, 0.2) is 24.3 Å². The summed E-state index contributed by atoms with van der Waals surface area (Å²) in [6.07, 6.45) is -6.63. The van der Waals surface area contributed by atoms with Crippen molar-refractivity contribution in [3.8, 4) is 5.75 Å². The monoisotopic (exact) mass is 374 g/mol. The summed E-state index contributed by atoms with van der Waals surface area (Å²) in [6.45, 7) is -0.0463. The van der Waals surface area contributed by atoms with Gasteiger partial charge in [0.15, 0.2) is 0 Å². The Labute approximate surface area is 146 Å². The highest BCUT2D eigenvalue weighted by Crippen LogP contribution is 2.27. The highest BCUT2D eigenvalue weighted by atomic mass is 19.4. The molecule has 142 valence electrons. The van der Waals surface area contributed by atoms with Gasteiger partial charge in [-0.3, -0.25) is 9.59 Å². The molecule has 26 heavy (non-hydrogen) atoms. The first-order valence-electron chi connectivity index (χ1n) is 7.65. The predicted octanol–water partition coefficient (Wildman–Crippen LogP) is 1.57. The summed E-state index contributed by atoms with van der Waals surface area (Å²) in [6, 6.07) is 4.38. The molecule has 2 unspecified atom stereocenters. The molecule has 0 bridgehead atoms. The predicted molar refractivity (Wildman–Crippen MR) is 83.7 cm³/mol. The lowest BCUT2D eigenvalue weighted by Crippen LogP contribution is -2.46. The van der Waals surface area contributed by atoms with Crippen molar-refractivity contribution in [3.63, 3.8) is 0 Å². The molecule has 1 fully saturated rings. The van der Waals surface area contributed by atoms with Gasteiger partial charge in [0.25, 0.3) is 0 Å². The third-order valence-corrected chi connectivity index (χ3v) is 3.93. The Hall–Kier alpha value is -2.78. The molecule has 1 heterocycles. The first-order valence-corrected chi connectivity index (χ1v) is 7.65. The molecule has 7 nitrogen and oxygen atoms in total. The number of carbonyl (C=O) groups excluding carboxylic acids is 2. The minimum atomic E-state index is -4.74. The van der Waals surface area contributed by atoms with Crippen LogP contribution in [-0.4, -0.2) is 48.8 Å². The van der Waals surface area contributed by atoms with E-state index in [4.69, 9.17) is 9.84 Å². The fourth-order valence-electron chi connectivity index (χ4n) is 2.62. The van der Waals surface area contributed by atoms with Crippen molar-refractivity contribution < 1.29 is 37.4 Å². The number of methoxy groups -OCH3 is 1. The lowest BCUT2D eigenvalue weighted by Gasteiger charge is -2.19. The molecule has 0 aromatic heterocycles. The summed E-state index contributed by atoms with van der Waals surface area (Å²) in [5.74, 6) is -3.41. The first-order chi connectivity index (χ1) is 12.1. The molecular formula is C16H17F3N2O5. The number of carboxylic acid groups (broad SMARTS) is 1. The van der Waals surface area contributed by atoms with E-state index in [2.05, 4.69) is 0 Å². The molecule has 1 aromatic rings. The van der Waals surface area contributed by atoms with Crippen LogP contribution in [0.4, 0.5) is 18.9 Å². The molecule has 0 spiro atoms. The fraction of sp³-hybridized carbons (Fsp3) is 0.438. The van der Waals surface area contributed by atoms with Gasteiger partial charge in [-0.2, -0.15) is 13.2 Å². The number of nitrogens with zero attached hydrogens (tertiary/aromatic N) is 1. The summed E-state index contributed by atoms with van der Waals surface area (Å²) in [4.78, 5) is 36.5. The van der Waals surface area contributed by atoms with Gasteiger partial charge < -0.3 is 20.1 Å². The molecule has 2 rings (SSSR count). The number of anilines is 1. The Balaban J connectivity index is 2.04. The van der Waals surface area contributed by atoms with Crippen LogP contribution in [0, 0.1) is 5.92 Å². The lowest BCUT2D eigenvalue weighted by molar-refractivity contribution is -0.160. The maximum atomic E-state index is 12.4. The normalized spacial score (nSPS) is 18.5. The maximum Gasteiger partial charge on any atom is 0.391 e. The summed E-state index contributed by atoms with van der Waals surface area (Å²) < 4.78 is 42.3. The zero-order chi connectivity index (χ0) is 19.5. The summed E-state index contributed by atoms with van der Waals surface area (Å²) >= 11 is 0. The van der Waals surface area contributed by atoms with Gasteiger partial charge in [0.2, 0.25) is 11.8 Å². The molecule has 1 aliphatic heterocycles. The van der Waals surface area contributed by atoms with E-state index in [-0.39, 0.29) is 18.9 Å². The molecular weight excluding hydrogens is 357 g/mol. The van der Waals surface area contributed by atoms with Crippen molar-refractivity contribution in [2.45, 2.75) is 25.1 Å². The van der Waals surface area contributed by atoms with E-state index >= 15 is 0 Å². The van der Waals surface area contributed by atoms with Crippen molar-refractivity contribution in [2.24, 2.45) is 5.92 Å². The molecule has 0 saturated carbocycles. The van der Waals surface area contributed by atoms with Crippen molar-refractivity contribution in [3.05, 3.63) is 24.3 Å². The van der Waals surface area contributed by atoms with Crippen LogP contribution in [0.2, 0.25) is 0 Å². The van der Waals surface area contributed by atoms with Crippen LogP contribution >= 0.6 is 0 Å². The smallest absolute Gasteiger partial charge is 0.391 e. The second-order valence-corrected chi connectivity index (χ2v) is 5.82. The first kappa shape index (κ1) is 19.5. The zero-order valence-corrected chi connectivity index (χ0v) is 13.7. The molecule has 1 aliphatic rings. The van der Waals surface area contributed by atoms with E-state index in [0.717, 1.165) is 0 Å². The molecule has 2 N–H and O–H groups in total. The van der Waals surface area contributed by atoms with Crippen LogP contribution in [0.5, 0.6) is 5.75 Å². The highest BCUT2D eigenvalue weighted by molar-refractivity contribution is 6.00. The summed E-state index contributed by atoms with van der Waals surface area (Å²) in [7, 11) is 1.48. The Bertz CT molecular complexity index is 690. The third kappa shape index (κ3) is 4.87. The number of halogens is 3. The number of carbonyl (C=O) groups is 3. The van der Waals surface area contributed by atoms with Gasteiger partial charge in [0.1, 0.15) is 11.8 Å². The molecule has 1 aromatic carbocycles. The van der Waals surface area contributed by atoms with Gasteiger partial charge in [-0.15, -0.1) is 0 Å². The number of carboxylic acids is 1. The molecule has 2 amide bonds. The minimum absolute atomic E-state index is 0.0463. The fourth-order valence-corrected chi connectivity index (χ4v) is 2.62. The van der Waals surface area contributed by atoms with Gasteiger partial charge in [-0.05, 0) is 24.3 Å². The van der Waals surface area contributed by atoms with E-state index in [1.54, 1.807) is 24.3 Å². The molecule has 1 saturated heterocycles. The van der Waals surface area contributed by atoms with Gasteiger partial charge in [-0.1, -0.05) is 0 Å². The number of hydrogen-bond donors (Lipinski definition) is 2. The van der Waals surface area contributed by atoms with Crippen molar-refractivity contribution >= 4 is 23.5 Å². The number of amides is 2. The molecule has 10 heteroatoms. The maximum absolute atomic E-state index is 12.4. The second-order valence-electron chi connectivity index (χ2n) is 5.82. The number of rotatable bonds is 6. The number of benzene rings is 1. The zero-order valence-electron chi connectivity index (χ0n) is 13.7. The van der Waals surface area contributed by atoms with Crippen LogP contribution in [0.3, 0.4) is 0 Å². The van der Waals surface area contributed by atoms with Crippen LogP contribution in [0.1, 0.15) is 12.8 Å². The third-order valence-electron chi connectivity index (χ3n) is 3.93. The molecule has 0 aliphatic carbocycles. The Morgan fingerprint density at radius 1 is 1.35 bits per heavy atom. The van der Waals surface area contributed by atoms with E-state index in [0.29, 0.717) is 11.4 Å². The van der Waals surface area contributed by atoms with Crippen LogP contribution < -0.4 is 15.0 Å².